The van der Waals surface area contributed by atoms with Gasteiger partial charge in [-0.15, -0.1) is 0 Å². The Kier molecular flexibility index (Phi) is 5.59. The highest BCUT2D eigenvalue weighted by Crippen LogP contribution is 2.32. The summed E-state index contributed by atoms with van der Waals surface area (Å²) in [5, 5.41) is 0. The molecule has 0 aliphatic heterocycles. The third-order valence-electron chi connectivity index (χ3n) is 3.47. The van der Waals surface area contributed by atoms with Gasteiger partial charge >= 0.3 is 0 Å². The van der Waals surface area contributed by atoms with Crippen molar-refractivity contribution in [1.82, 2.24) is 0 Å². The van der Waals surface area contributed by atoms with Crippen LogP contribution in [0, 0.1) is 5.82 Å². The summed E-state index contributed by atoms with van der Waals surface area (Å²) in [7, 11) is 3.34. The molecular weight excluding hydrogens is 279 g/mol. The fourth-order valence-electron chi connectivity index (χ4n) is 2.36. The van der Waals surface area contributed by atoms with Crippen molar-refractivity contribution in [3.8, 4) is 11.5 Å². The van der Waals surface area contributed by atoms with Gasteiger partial charge in [0.2, 0.25) is 0 Å². The van der Waals surface area contributed by atoms with E-state index in [1.165, 1.54) is 12.1 Å². The molecule has 0 amide bonds. The van der Waals surface area contributed by atoms with Crippen molar-refractivity contribution in [3.05, 3.63) is 58.9 Å². The monoisotopic (exact) mass is 300 g/mol. The lowest BCUT2D eigenvalue weighted by Crippen LogP contribution is -1.97. The summed E-state index contributed by atoms with van der Waals surface area (Å²) < 4.78 is 23.9. The van der Waals surface area contributed by atoms with Crippen molar-refractivity contribution in [3.63, 3.8) is 0 Å². The van der Waals surface area contributed by atoms with Gasteiger partial charge in [-0.1, -0.05) is 37.6 Å². The van der Waals surface area contributed by atoms with Crippen molar-refractivity contribution in [1.29, 1.82) is 0 Å². The Labute approximate surface area is 131 Å². The smallest absolute Gasteiger partial charge is 0.126 e. The van der Waals surface area contributed by atoms with Crippen LogP contribution in [0.5, 0.6) is 11.5 Å². The molecule has 0 aliphatic carbocycles. The van der Waals surface area contributed by atoms with Gasteiger partial charge in [0.15, 0.2) is 0 Å². The molecule has 0 spiro atoms. The molecule has 116 valence electrons. The highest BCUT2D eigenvalue weighted by atomic mass is 19.1. The van der Waals surface area contributed by atoms with E-state index in [4.69, 9.17) is 9.47 Å². The maximum Gasteiger partial charge on any atom is 0.126 e. The minimum atomic E-state index is -0.232. The Hall–Kier alpha value is -2.29. The molecule has 0 fully saturated rings. The van der Waals surface area contributed by atoms with Gasteiger partial charge in [0.05, 0.1) is 14.2 Å². The number of methoxy groups -OCH3 is 2. The average molecular weight is 300 g/mol. The fraction of sp³-hybridized carbons (Fsp3) is 0.263. The molecule has 2 nitrogen and oxygen atoms in total. The Bertz CT molecular complexity index is 620. The summed E-state index contributed by atoms with van der Waals surface area (Å²) in [5.74, 6) is 1.43. The molecule has 3 heteroatoms. The third kappa shape index (κ3) is 3.88. The van der Waals surface area contributed by atoms with Gasteiger partial charge in [0, 0.05) is 5.56 Å². The zero-order valence-corrected chi connectivity index (χ0v) is 13.2. The molecule has 0 N–H and O–H groups in total. The molecule has 0 heterocycles. The van der Waals surface area contributed by atoms with Crippen LogP contribution in [0.1, 0.15) is 30.0 Å². The van der Waals surface area contributed by atoms with E-state index in [1.54, 1.807) is 26.4 Å². The van der Waals surface area contributed by atoms with Gasteiger partial charge < -0.3 is 9.47 Å². The summed E-state index contributed by atoms with van der Waals surface area (Å²) in [5.41, 5.74) is 3.02. The molecular formula is C19H21FO2. The van der Waals surface area contributed by atoms with Crippen LogP contribution in [-0.2, 0) is 6.42 Å². The molecule has 22 heavy (non-hydrogen) atoms. The quantitative estimate of drug-likeness (QED) is 0.702. The van der Waals surface area contributed by atoms with E-state index in [0.717, 1.165) is 41.0 Å². The Morgan fingerprint density at radius 3 is 1.95 bits per heavy atom. The van der Waals surface area contributed by atoms with Gasteiger partial charge in [-0.3, -0.25) is 0 Å². The molecule has 0 saturated carbocycles. The van der Waals surface area contributed by atoms with E-state index in [9.17, 15) is 4.39 Å². The van der Waals surface area contributed by atoms with Crippen molar-refractivity contribution in [2.24, 2.45) is 0 Å². The maximum absolute atomic E-state index is 12.9. The summed E-state index contributed by atoms with van der Waals surface area (Å²) in [6.07, 6.45) is 5.84. The van der Waals surface area contributed by atoms with Crippen LogP contribution in [0.4, 0.5) is 4.39 Å². The molecule has 2 rings (SSSR count). The van der Waals surface area contributed by atoms with Crippen molar-refractivity contribution < 1.29 is 13.9 Å². The van der Waals surface area contributed by atoms with E-state index >= 15 is 0 Å². The maximum atomic E-state index is 12.9. The van der Waals surface area contributed by atoms with Crippen LogP contribution in [0.15, 0.2) is 36.4 Å². The Morgan fingerprint density at radius 2 is 1.45 bits per heavy atom. The topological polar surface area (TPSA) is 18.5 Å². The average Bonchev–Trinajstić information content (AvgIpc) is 2.55. The van der Waals surface area contributed by atoms with Crippen LogP contribution >= 0.6 is 0 Å². The number of rotatable bonds is 6. The van der Waals surface area contributed by atoms with E-state index in [1.807, 2.05) is 24.3 Å². The van der Waals surface area contributed by atoms with E-state index in [0.29, 0.717) is 0 Å². The second kappa shape index (κ2) is 7.64. The van der Waals surface area contributed by atoms with Crippen LogP contribution in [-0.4, -0.2) is 14.2 Å². The van der Waals surface area contributed by atoms with Crippen LogP contribution in [0.2, 0.25) is 0 Å². The standard InChI is InChI=1S/C19H21FO2/c1-4-5-17-18(21-2)12-15(13-19(17)22-3)7-6-14-8-10-16(20)11-9-14/h6-13H,4-5H2,1-3H3. The van der Waals surface area contributed by atoms with Gasteiger partial charge in [-0.25, -0.2) is 4.39 Å². The zero-order chi connectivity index (χ0) is 15.9. The molecule has 0 aromatic heterocycles. The zero-order valence-electron chi connectivity index (χ0n) is 13.2. The second-order valence-electron chi connectivity index (χ2n) is 5.04. The lowest BCUT2D eigenvalue weighted by atomic mass is 10.0. The second-order valence-corrected chi connectivity index (χ2v) is 5.04. The molecule has 0 atom stereocenters. The lowest BCUT2D eigenvalue weighted by Gasteiger charge is -2.13. The minimum absolute atomic E-state index is 0.232. The summed E-state index contributed by atoms with van der Waals surface area (Å²) in [6.45, 7) is 2.13. The first kappa shape index (κ1) is 16.1. The van der Waals surface area contributed by atoms with Gasteiger partial charge in [0.25, 0.3) is 0 Å². The number of ether oxygens (including phenoxy) is 2. The van der Waals surface area contributed by atoms with Crippen LogP contribution in [0.25, 0.3) is 12.2 Å². The van der Waals surface area contributed by atoms with E-state index < -0.39 is 0 Å². The highest BCUT2D eigenvalue weighted by molar-refractivity contribution is 5.71. The summed E-state index contributed by atoms with van der Waals surface area (Å²) in [4.78, 5) is 0. The molecule has 0 bridgehead atoms. The minimum Gasteiger partial charge on any atom is -0.496 e. The largest absolute Gasteiger partial charge is 0.496 e. The Morgan fingerprint density at radius 1 is 0.909 bits per heavy atom. The first-order valence-electron chi connectivity index (χ1n) is 7.36. The van der Waals surface area contributed by atoms with Gasteiger partial charge in [-0.2, -0.15) is 0 Å². The number of benzene rings is 2. The van der Waals surface area contributed by atoms with Crippen LogP contribution in [0.3, 0.4) is 0 Å². The van der Waals surface area contributed by atoms with Crippen molar-refractivity contribution in [2.45, 2.75) is 19.8 Å². The number of hydrogen-bond acceptors (Lipinski definition) is 2. The van der Waals surface area contributed by atoms with Gasteiger partial charge in [-0.05, 0) is 41.8 Å². The van der Waals surface area contributed by atoms with Crippen molar-refractivity contribution in [2.75, 3.05) is 14.2 Å². The predicted octanol–water partition coefficient (Wildman–Crippen LogP) is 4.97. The predicted molar refractivity (Wildman–Crippen MR) is 88.9 cm³/mol. The van der Waals surface area contributed by atoms with E-state index in [-0.39, 0.29) is 5.82 Å². The molecule has 0 unspecified atom stereocenters. The highest BCUT2D eigenvalue weighted by Gasteiger charge is 2.10. The Balaban J connectivity index is 2.32. The normalized spacial score (nSPS) is 10.9. The van der Waals surface area contributed by atoms with Crippen molar-refractivity contribution >= 4 is 12.2 Å². The molecule has 0 aliphatic rings. The molecule has 2 aromatic rings. The van der Waals surface area contributed by atoms with Gasteiger partial charge in [0.1, 0.15) is 17.3 Å². The molecule has 0 saturated heterocycles. The molecule has 0 radical (unpaired) electrons. The third-order valence-corrected chi connectivity index (χ3v) is 3.47. The SMILES string of the molecule is CCCc1c(OC)cc(C=Cc2ccc(F)cc2)cc1OC. The number of hydrogen-bond donors (Lipinski definition) is 0. The van der Waals surface area contributed by atoms with Crippen LogP contribution < -0.4 is 9.47 Å². The molecule has 2 aromatic carbocycles. The number of halogens is 1. The first-order valence-corrected chi connectivity index (χ1v) is 7.36. The summed E-state index contributed by atoms with van der Waals surface area (Å²) in [6, 6.07) is 10.4. The fourth-order valence-corrected chi connectivity index (χ4v) is 2.36. The summed E-state index contributed by atoms with van der Waals surface area (Å²) >= 11 is 0. The first-order chi connectivity index (χ1) is 10.7. The van der Waals surface area contributed by atoms with E-state index in [2.05, 4.69) is 6.92 Å². The lowest BCUT2D eigenvalue weighted by molar-refractivity contribution is 0.385.